The Hall–Kier alpha value is -2.70. The number of hydrogen-bond donors (Lipinski definition) is 1. The Morgan fingerprint density at radius 3 is 2.75 bits per heavy atom. The zero-order valence-corrected chi connectivity index (χ0v) is 10.6. The van der Waals surface area contributed by atoms with Crippen LogP contribution in [0.25, 0.3) is 10.9 Å². The highest BCUT2D eigenvalue weighted by Crippen LogP contribution is 2.35. The van der Waals surface area contributed by atoms with Crippen molar-refractivity contribution < 1.29 is 24.1 Å². The number of pyridine rings is 1. The maximum absolute atomic E-state index is 12.2. The summed E-state index contributed by atoms with van der Waals surface area (Å²) in [5, 5.41) is 9.00. The first-order valence-corrected chi connectivity index (χ1v) is 5.97. The maximum Gasteiger partial charge on any atom is 0.511 e. The number of carboxylic acid groups (broad SMARTS) is 1. The van der Waals surface area contributed by atoms with Crippen LogP contribution in [0.1, 0.15) is 6.92 Å². The van der Waals surface area contributed by atoms with Gasteiger partial charge in [-0.1, -0.05) is 0 Å². The zero-order valence-electron chi connectivity index (χ0n) is 10.6. The Morgan fingerprint density at radius 2 is 2.10 bits per heavy atom. The highest BCUT2D eigenvalue weighted by atomic mass is 16.7. The highest BCUT2D eigenvalue weighted by Gasteiger charge is 2.19. The molecule has 1 aliphatic heterocycles. The number of aryl methyl sites for hydroxylation is 1. The van der Waals surface area contributed by atoms with Crippen LogP contribution in [0, 0.1) is 0 Å². The van der Waals surface area contributed by atoms with Gasteiger partial charge in [0.15, 0.2) is 17.2 Å². The molecule has 2 heterocycles. The summed E-state index contributed by atoms with van der Waals surface area (Å²) in [6, 6.07) is 3.24. The van der Waals surface area contributed by atoms with Crippen molar-refractivity contribution in [1.29, 1.82) is 0 Å². The monoisotopic (exact) mass is 277 g/mol. The first kappa shape index (κ1) is 12.3. The van der Waals surface area contributed by atoms with Gasteiger partial charge < -0.3 is 23.9 Å². The summed E-state index contributed by atoms with van der Waals surface area (Å²) in [7, 11) is 0. The molecule has 0 radical (unpaired) electrons. The van der Waals surface area contributed by atoms with E-state index in [1.807, 2.05) is 6.92 Å². The first-order chi connectivity index (χ1) is 9.60. The van der Waals surface area contributed by atoms with Crippen LogP contribution in [0.5, 0.6) is 17.2 Å². The van der Waals surface area contributed by atoms with E-state index in [9.17, 15) is 9.59 Å². The molecule has 0 atom stereocenters. The van der Waals surface area contributed by atoms with Gasteiger partial charge >= 0.3 is 6.16 Å². The zero-order chi connectivity index (χ0) is 14.3. The van der Waals surface area contributed by atoms with Crippen molar-refractivity contribution in [3.05, 3.63) is 28.6 Å². The standard InChI is InChI=1S/C13H11NO6/c1-2-14-5-11(20-13(16)17)12(15)7-3-9-10(4-8(7)14)19-6-18-9/h3-5H,2,6H2,1H3,(H,16,17). The number of hydrogen-bond acceptors (Lipinski definition) is 5. The Kier molecular flexibility index (Phi) is 2.74. The third-order valence-electron chi connectivity index (χ3n) is 3.08. The Bertz CT molecular complexity index is 764. The van der Waals surface area contributed by atoms with E-state index in [0.717, 1.165) is 0 Å². The predicted octanol–water partition coefficient (Wildman–Crippen LogP) is 1.81. The van der Waals surface area contributed by atoms with E-state index in [2.05, 4.69) is 4.74 Å². The molecule has 0 bridgehead atoms. The molecule has 7 nitrogen and oxygen atoms in total. The Labute approximate surface area is 112 Å². The van der Waals surface area contributed by atoms with E-state index in [1.54, 1.807) is 16.7 Å². The van der Waals surface area contributed by atoms with Gasteiger partial charge in [-0.3, -0.25) is 4.79 Å². The van der Waals surface area contributed by atoms with E-state index in [-0.39, 0.29) is 12.5 Å². The lowest BCUT2D eigenvalue weighted by Gasteiger charge is -2.11. The molecule has 0 spiro atoms. The van der Waals surface area contributed by atoms with Crippen LogP contribution in [0.15, 0.2) is 23.1 Å². The minimum absolute atomic E-state index is 0.102. The SMILES string of the molecule is CCn1cc(OC(=O)O)c(=O)c2cc3c(cc21)OCO3. The van der Waals surface area contributed by atoms with Gasteiger partial charge in [0.1, 0.15) is 0 Å². The van der Waals surface area contributed by atoms with Crippen LogP contribution in [0.2, 0.25) is 0 Å². The second kappa shape index (κ2) is 4.44. The van der Waals surface area contributed by atoms with E-state index < -0.39 is 11.6 Å². The molecule has 7 heteroatoms. The van der Waals surface area contributed by atoms with Crippen LogP contribution in [-0.4, -0.2) is 22.6 Å². The molecule has 104 valence electrons. The number of fused-ring (bicyclic) bond motifs is 2. The predicted molar refractivity (Wildman–Crippen MR) is 68.7 cm³/mol. The fourth-order valence-electron chi connectivity index (χ4n) is 2.18. The number of rotatable bonds is 2. The average molecular weight is 277 g/mol. The normalized spacial score (nSPS) is 12.7. The third-order valence-corrected chi connectivity index (χ3v) is 3.08. The minimum Gasteiger partial charge on any atom is -0.454 e. The van der Waals surface area contributed by atoms with Gasteiger partial charge in [0.05, 0.1) is 17.1 Å². The van der Waals surface area contributed by atoms with Gasteiger partial charge in [-0.2, -0.15) is 0 Å². The summed E-state index contributed by atoms with van der Waals surface area (Å²) in [5.74, 6) is 0.793. The van der Waals surface area contributed by atoms with Crippen LogP contribution < -0.4 is 19.6 Å². The number of carbonyl (C=O) groups is 1. The van der Waals surface area contributed by atoms with Gasteiger partial charge in [0.2, 0.25) is 12.2 Å². The van der Waals surface area contributed by atoms with E-state index in [0.29, 0.717) is 28.9 Å². The summed E-state index contributed by atoms with van der Waals surface area (Å²) in [4.78, 5) is 22.9. The maximum atomic E-state index is 12.2. The molecule has 0 aliphatic carbocycles. The van der Waals surface area contributed by atoms with Gasteiger partial charge in [-0.05, 0) is 13.0 Å². The summed E-state index contributed by atoms with van der Waals surface area (Å²) in [5.41, 5.74) is 0.143. The van der Waals surface area contributed by atoms with Crippen molar-refractivity contribution in [2.24, 2.45) is 0 Å². The van der Waals surface area contributed by atoms with Crippen molar-refractivity contribution in [2.75, 3.05) is 6.79 Å². The average Bonchev–Trinajstić information content (AvgIpc) is 2.87. The summed E-state index contributed by atoms with van der Waals surface area (Å²) in [6.45, 7) is 2.52. The molecule has 0 amide bonds. The molecule has 1 aliphatic rings. The highest BCUT2D eigenvalue weighted by molar-refractivity contribution is 5.84. The molecule has 3 rings (SSSR count). The number of aromatic nitrogens is 1. The van der Waals surface area contributed by atoms with Crippen molar-refractivity contribution in [3.63, 3.8) is 0 Å². The molecule has 0 saturated heterocycles. The number of benzene rings is 1. The molecule has 1 aromatic heterocycles. The Morgan fingerprint density at radius 1 is 1.40 bits per heavy atom. The lowest BCUT2D eigenvalue weighted by Crippen LogP contribution is -2.16. The number of ether oxygens (including phenoxy) is 3. The molecule has 0 fully saturated rings. The molecule has 1 N–H and O–H groups in total. The topological polar surface area (TPSA) is 87.0 Å². The molecule has 1 aromatic carbocycles. The van der Waals surface area contributed by atoms with Crippen LogP contribution in [0.4, 0.5) is 4.79 Å². The van der Waals surface area contributed by atoms with E-state index in [4.69, 9.17) is 14.6 Å². The quantitative estimate of drug-likeness (QED) is 0.842. The first-order valence-electron chi connectivity index (χ1n) is 5.97. The van der Waals surface area contributed by atoms with E-state index in [1.165, 1.54) is 6.20 Å². The fourth-order valence-corrected chi connectivity index (χ4v) is 2.18. The summed E-state index contributed by atoms with van der Waals surface area (Å²) in [6.07, 6.45) is -0.147. The third kappa shape index (κ3) is 1.83. The lowest BCUT2D eigenvalue weighted by molar-refractivity contribution is 0.144. The van der Waals surface area contributed by atoms with Crippen LogP contribution in [0.3, 0.4) is 0 Å². The van der Waals surface area contributed by atoms with Crippen molar-refractivity contribution in [1.82, 2.24) is 4.57 Å². The molecular formula is C13H11NO6. The van der Waals surface area contributed by atoms with Gasteiger partial charge in [-0.15, -0.1) is 0 Å². The number of nitrogens with zero attached hydrogens (tertiary/aromatic N) is 1. The van der Waals surface area contributed by atoms with Crippen molar-refractivity contribution in [3.8, 4) is 17.2 Å². The van der Waals surface area contributed by atoms with E-state index >= 15 is 0 Å². The molecule has 2 aromatic rings. The second-order valence-electron chi connectivity index (χ2n) is 4.20. The van der Waals surface area contributed by atoms with Gasteiger partial charge in [0.25, 0.3) is 0 Å². The largest absolute Gasteiger partial charge is 0.511 e. The van der Waals surface area contributed by atoms with Gasteiger partial charge in [0, 0.05) is 12.6 Å². The van der Waals surface area contributed by atoms with Gasteiger partial charge in [-0.25, -0.2) is 4.79 Å². The lowest BCUT2D eigenvalue weighted by atomic mass is 10.1. The van der Waals surface area contributed by atoms with Crippen molar-refractivity contribution in [2.45, 2.75) is 13.5 Å². The molecule has 0 unspecified atom stereocenters. The summed E-state index contributed by atoms with van der Waals surface area (Å²) >= 11 is 0. The fraction of sp³-hybridized carbons (Fsp3) is 0.231. The molecule has 0 saturated carbocycles. The summed E-state index contributed by atoms with van der Waals surface area (Å²) < 4.78 is 16.8. The van der Waals surface area contributed by atoms with Crippen LogP contribution >= 0.6 is 0 Å². The van der Waals surface area contributed by atoms with Crippen molar-refractivity contribution >= 4 is 17.1 Å². The minimum atomic E-state index is -1.52. The van der Waals surface area contributed by atoms with Crippen LogP contribution in [-0.2, 0) is 6.54 Å². The smallest absolute Gasteiger partial charge is 0.454 e. The molecular weight excluding hydrogens is 266 g/mol. The molecule has 20 heavy (non-hydrogen) atoms. The Balaban J connectivity index is 2.31. The second-order valence-corrected chi connectivity index (χ2v) is 4.20.